The van der Waals surface area contributed by atoms with E-state index in [1.165, 1.54) is 11.1 Å². The van der Waals surface area contributed by atoms with Gasteiger partial charge < -0.3 is 9.84 Å². The van der Waals surface area contributed by atoms with Gasteiger partial charge in [-0.3, -0.25) is 4.79 Å². The number of esters is 1. The van der Waals surface area contributed by atoms with Gasteiger partial charge in [-0.1, -0.05) is 34.9 Å². The van der Waals surface area contributed by atoms with Crippen molar-refractivity contribution in [3.8, 4) is 0 Å². The number of allylic oxidation sites excluding steroid dienone is 5. The number of carbonyl (C=O) groups excluding carboxylic acids is 1. The number of aliphatic hydroxyl groups excluding tert-OH is 1. The molecule has 1 atom stereocenters. The summed E-state index contributed by atoms with van der Waals surface area (Å²) in [6.45, 7) is 13.9. The van der Waals surface area contributed by atoms with Gasteiger partial charge in [0.15, 0.2) is 0 Å². The van der Waals surface area contributed by atoms with Gasteiger partial charge in [-0.25, -0.2) is 0 Å². The number of aliphatic hydroxyl groups is 1. The topological polar surface area (TPSA) is 46.5 Å². The van der Waals surface area contributed by atoms with Crippen LogP contribution in [0.1, 0.15) is 80.6 Å². The molecule has 0 heterocycles. The van der Waals surface area contributed by atoms with Gasteiger partial charge in [0.05, 0.1) is 12.5 Å². The average Bonchev–Trinajstić information content (AvgIpc) is 2.34. The van der Waals surface area contributed by atoms with Crippen molar-refractivity contribution in [3.63, 3.8) is 0 Å². The van der Waals surface area contributed by atoms with E-state index in [1.807, 2.05) is 27.7 Å². The molecule has 3 nitrogen and oxygen atoms in total. The Labute approximate surface area is 148 Å². The molecule has 1 N–H and O–H groups in total. The first-order chi connectivity index (χ1) is 11.0. The Kier molecular flexibility index (Phi) is 10.6. The summed E-state index contributed by atoms with van der Waals surface area (Å²) in [5, 5.41) is 9.96. The molecule has 0 fully saturated rings. The van der Waals surface area contributed by atoms with Crippen molar-refractivity contribution >= 4 is 5.97 Å². The highest BCUT2D eigenvalue weighted by Gasteiger charge is 2.18. The molecule has 0 amide bonds. The van der Waals surface area contributed by atoms with E-state index in [1.54, 1.807) is 6.08 Å². The molecule has 3 heteroatoms. The molecular formula is C21H36O3. The van der Waals surface area contributed by atoms with Crippen molar-refractivity contribution in [2.45, 2.75) is 92.3 Å². The van der Waals surface area contributed by atoms with Crippen LogP contribution in [0.2, 0.25) is 0 Å². The molecule has 0 bridgehead atoms. The van der Waals surface area contributed by atoms with Gasteiger partial charge in [-0.2, -0.15) is 0 Å². The van der Waals surface area contributed by atoms with E-state index in [2.05, 4.69) is 32.9 Å². The highest BCUT2D eigenvalue weighted by Crippen LogP contribution is 2.14. The zero-order valence-corrected chi connectivity index (χ0v) is 16.6. The zero-order chi connectivity index (χ0) is 18.8. The molecule has 0 saturated heterocycles. The van der Waals surface area contributed by atoms with Crippen LogP contribution in [0.5, 0.6) is 0 Å². The fourth-order valence-corrected chi connectivity index (χ4v) is 2.26. The Hall–Kier alpha value is -1.35. The van der Waals surface area contributed by atoms with E-state index in [4.69, 9.17) is 4.74 Å². The van der Waals surface area contributed by atoms with Crippen LogP contribution in [-0.2, 0) is 9.53 Å². The maximum Gasteiger partial charge on any atom is 0.309 e. The second-order valence-electron chi connectivity index (χ2n) is 7.78. The lowest BCUT2D eigenvalue weighted by Gasteiger charge is -2.20. The van der Waals surface area contributed by atoms with E-state index in [0.29, 0.717) is 0 Å². The highest BCUT2D eigenvalue weighted by molar-refractivity contribution is 5.70. The SMILES string of the molecule is CC(C)=CCC/C(C)=C/CC/C(C)=C/C(O)CC(=O)OC(C)(C)C. The van der Waals surface area contributed by atoms with Crippen LogP contribution in [0.25, 0.3) is 0 Å². The maximum absolute atomic E-state index is 11.7. The monoisotopic (exact) mass is 336 g/mol. The minimum absolute atomic E-state index is 0.00613. The summed E-state index contributed by atoms with van der Waals surface area (Å²) in [7, 11) is 0. The molecule has 0 radical (unpaired) electrons. The number of hydrogen-bond acceptors (Lipinski definition) is 3. The number of hydrogen-bond donors (Lipinski definition) is 1. The summed E-state index contributed by atoms with van der Waals surface area (Å²) in [6, 6.07) is 0. The number of ether oxygens (including phenoxy) is 1. The van der Waals surface area contributed by atoms with Crippen LogP contribution in [0.4, 0.5) is 0 Å². The van der Waals surface area contributed by atoms with E-state index >= 15 is 0 Å². The minimum Gasteiger partial charge on any atom is -0.460 e. The van der Waals surface area contributed by atoms with Crippen LogP contribution in [0.15, 0.2) is 34.9 Å². The summed E-state index contributed by atoms with van der Waals surface area (Å²) in [6.07, 6.45) is 9.55. The molecule has 0 aromatic carbocycles. The number of rotatable bonds is 9. The van der Waals surface area contributed by atoms with Crippen LogP contribution >= 0.6 is 0 Å². The minimum atomic E-state index is -0.775. The molecule has 0 aromatic heterocycles. The molecule has 0 rings (SSSR count). The fraction of sp³-hybridized carbons (Fsp3) is 0.667. The summed E-state index contributed by atoms with van der Waals surface area (Å²) in [5.74, 6) is -0.367. The van der Waals surface area contributed by atoms with Gasteiger partial charge in [0.25, 0.3) is 0 Å². The third-order valence-corrected chi connectivity index (χ3v) is 3.40. The Balaban J connectivity index is 4.21. The van der Waals surface area contributed by atoms with Gasteiger partial charge in [0.2, 0.25) is 0 Å². The van der Waals surface area contributed by atoms with Crippen LogP contribution < -0.4 is 0 Å². The van der Waals surface area contributed by atoms with Crippen molar-refractivity contribution in [2.75, 3.05) is 0 Å². The Morgan fingerprint density at radius 1 is 1.00 bits per heavy atom. The largest absolute Gasteiger partial charge is 0.460 e. The van der Waals surface area contributed by atoms with Crippen molar-refractivity contribution in [3.05, 3.63) is 34.9 Å². The molecule has 24 heavy (non-hydrogen) atoms. The highest BCUT2D eigenvalue weighted by atomic mass is 16.6. The quantitative estimate of drug-likeness (QED) is 0.447. The zero-order valence-electron chi connectivity index (χ0n) is 16.6. The smallest absolute Gasteiger partial charge is 0.309 e. The lowest BCUT2D eigenvalue weighted by Crippen LogP contribution is -2.26. The fourth-order valence-electron chi connectivity index (χ4n) is 2.26. The van der Waals surface area contributed by atoms with Gasteiger partial charge in [0, 0.05) is 0 Å². The lowest BCUT2D eigenvalue weighted by molar-refractivity contribution is -0.156. The van der Waals surface area contributed by atoms with Crippen molar-refractivity contribution < 1.29 is 14.6 Å². The van der Waals surface area contributed by atoms with Crippen LogP contribution in [-0.4, -0.2) is 22.8 Å². The first-order valence-electron chi connectivity index (χ1n) is 8.86. The van der Waals surface area contributed by atoms with Crippen molar-refractivity contribution in [1.82, 2.24) is 0 Å². The predicted octanol–water partition coefficient (Wildman–Crippen LogP) is 5.50. The average molecular weight is 337 g/mol. The molecule has 0 spiro atoms. The van der Waals surface area contributed by atoms with Gasteiger partial charge in [-0.15, -0.1) is 0 Å². The third kappa shape index (κ3) is 14.3. The van der Waals surface area contributed by atoms with E-state index < -0.39 is 11.7 Å². The summed E-state index contributed by atoms with van der Waals surface area (Å²) < 4.78 is 5.21. The van der Waals surface area contributed by atoms with Crippen molar-refractivity contribution in [2.24, 2.45) is 0 Å². The van der Waals surface area contributed by atoms with Gasteiger partial charge in [-0.05, 0) is 74.1 Å². The van der Waals surface area contributed by atoms with E-state index in [0.717, 1.165) is 31.3 Å². The van der Waals surface area contributed by atoms with E-state index in [-0.39, 0.29) is 12.4 Å². The normalized spacial score (nSPS) is 14.3. The van der Waals surface area contributed by atoms with Crippen LogP contribution in [0, 0.1) is 0 Å². The van der Waals surface area contributed by atoms with Gasteiger partial charge in [0.1, 0.15) is 5.60 Å². The first-order valence-corrected chi connectivity index (χ1v) is 8.86. The molecule has 0 aliphatic rings. The third-order valence-electron chi connectivity index (χ3n) is 3.40. The van der Waals surface area contributed by atoms with E-state index in [9.17, 15) is 9.90 Å². The first kappa shape index (κ1) is 22.6. The predicted molar refractivity (Wildman–Crippen MR) is 102 cm³/mol. The number of carbonyl (C=O) groups is 1. The molecule has 0 aliphatic carbocycles. The van der Waals surface area contributed by atoms with Crippen LogP contribution in [0.3, 0.4) is 0 Å². The molecule has 0 saturated carbocycles. The Morgan fingerprint density at radius 3 is 2.08 bits per heavy atom. The summed E-state index contributed by atoms with van der Waals surface area (Å²) in [5.41, 5.74) is 3.35. The summed E-state index contributed by atoms with van der Waals surface area (Å²) in [4.78, 5) is 11.7. The Morgan fingerprint density at radius 2 is 1.54 bits per heavy atom. The molecule has 0 aromatic rings. The molecular weight excluding hydrogens is 300 g/mol. The standard InChI is InChI=1S/C21H36O3/c1-16(2)10-8-11-17(3)12-9-13-18(4)14-19(22)15-20(23)24-21(5,6)7/h10,12,14,19,22H,8-9,11,13,15H2,1-7H3/b17-12+,18-14+. The molecule has 138 valence electrons. The van der Waals surface area contributed by atoms with Crippen molar-refractivity contribution in [1.29, 1.82) is 0 Å². The maximum atomic E-state index is 11.7. The second-order valence-corrected chi connectivity index (χ2v) is 7.78. The lowest BCUT2D eigenvalue weighted by atomic mass is 10.0. The molecule has 0 aliphatic heterocycles. The summed E-state index contributed by atoms with van der Waals surface area (Å²) >= 11 is 0. The molecule has 1 unspecified atom stereocenters. The second kappa shape index (κ2) is 11.2. The Bertz CT molecular complexity index is 472. The van der Waals surface area contributed by atoms with Gasteiger partial charge >= 0.3 is 5.97 Å².